The first kappa shape index (κ1) is 11.8. The van der Waals surface area contributed by atoms with Gasteiger partial charge in [0, 0.05) is 19.3 Å². The Kier molecular flexibility index (Phi) is 3.96. The Morgan fingerprint density at radius 3 is 2.53 bits per heavy atom. The zero-order valence-electron chi connectivity index (χ0n) is 8.82. The molecule has 15 heavy (non-hydrogen) atoms. The van der Waals surface area contributed by atoms with Crippen LogP contribution >= 0.6 is 0 Å². The van der Waals surface area contributed by atoms with Gasteiger partial charge < -0.3 is 10.6 Å². The van der Waals surface area contributed by atoms with Crippen LogP contribution < -0.4 is 10.6 Å². The van der Waals surface area contributed by atoms with E-state index in [0.717, 1.165) is 5.56 Å². The standard InChI is InChI=1S/C10H15F2N3/c1-7(13)8-3-4-10(14-5-8)15(2)6-9(11)12/h3-5,7,9H,6,13H2,1-2H3/t7-/m0/s1. The van der Waals surface area contributed by atoms with Crippen molar-refractivity contribution in [3.05, 3.63) is 23.9 Å². The Morgan fingerprint density at radius 1 is 1.47 bits per heavy atom. The highest BCUT2D eigenvalue weighted by Crippen LogP contribution is 2.14. The van der Waals surface area contributed by atoms with Crippen LogP contribution in [0.1, 0.15) is 18.5 Å². The minimum absolute atomic E-state index is 0.0908. The lowest BCUT2D eigenvalue weighted by molar-refractivity contribution is 0.156. The Balaban J connectivity index is 2.71. The van der Waals surface area contributed by atoms with Gasteiger partial charge in [-0.3, -0.25) is 0 Å². The van der Waals surface area contributed by atoms with Crippen LogP contribution in [0.2, 0.25) is 0 Å². The Labute approximate surface area is 87.9 Å². The van der Waals surface area contributed by atoms with Crippen molar-refractivity contribution >= 4 is 5.82 Å². The number of hydrogen-bond donors (Lipinski definition) is 1. The molecule has 1 rings (SSSR count). The summed E-state index contributed by atoms with van der Waals surface area (Å²) in [6.45, 7) is 1.53. The fourth-order valence-corrected chi connectivity index (χ4v) is 1.19. The van der Waals surface area contributed by atoms with Crippen molar-refractivity contribution in [3.8, 4) is 0 Å². The summed E-state index contributed by atoms with van der Waals surface area (Å²) in [5.41, 5.74) is 6.54. The molecule has 0 fully saturated rings. The third-order valence-electron chi connectivity index (χ3n) is 2.10. The van der Waals surface area contributed by atoms with E-state index >= 15 is 0 Å². The van der Waals surface area contributed by atoms with E-state index in [0.29, 0.717) is 5.82 Å². The maximum absolute atomic E-state index is 12.1. The van der Waals surface area contributed by atoms with Gasteiger partial charge in [-0.25, -0.2) is 13.8 Å². The van der Waals surface area contributed by atoms with Crippen molar-refractivity contribution in [2.45, 2.75) is 19.4 Å². The van der Waals surface area contributed by atoms with Gasteiger partial charge in [-0.15, -0.1) is 0 Å². The Hall–Kier alpha value is -1.23. The monoisotopic (exact) mass is 215 g/mol. The molecular weight excluding hydrogens is 200 g/mol. The first-order valence-electron chi connectivity index (χ1n) is 4.71. The maximum atomic E-state index is 12.1. The van der Waals surface area contributed by atoms with Gasteiger partial charge in [0.1, 0.15) is 5.82 Å². The minimum atomic E-state index is -2.36. The summed E-state index contributed by atoms with van der Waals surface area (Å²) >= 11 is 0. The molecular formula is C10H15F2N3. The molecule has 1 aromatic rings. The van der Waals surface area contributed by atoms with E-state index in [4.69, 9.17) is 5.73 Å². The van der Waals surface area contributed by atoms with Gasteiger partial charge in [-0.2, -0.15) is 0 Å². The highest BCUT2D eigenvalue weighted by atomic mass is 19.3. The maximum Gasteiger partial charge on any atom is 0.255 e. The van der Waals surface area contributed by atoms with Crippen LogP contribution in [-0.4, -0.2) is 25.0 Å². The molecule has 0 amide bonds. The van der Waals surface area contributed by atoms with Gasteiger partial charge in [0.2, 0.25) is 0 Å². The van der Waals surface area contributed by atoms with Crippen LogP contribution in [0.4, 0.5) is 14.6 Å². The lowest BCUT2D eigenvalue weighted by Gasteiger charge is -2.17. The van der Waals surface area contributed by atoms with Crippen LogP contribution in [0.15, 0.2) is 18.3 Å². The Bertz CT molecular complexity index is 298. The molecule has 0 spiro atoms. The molecule has 0 saturated heterocycles. The van der Waals surface area contributed by atoms with E-state index in [1.54, 1.807) is 25.4 Å². The molecule has 0 aromatic carbocycles. The molecule has 1 atom stereocenters. The highest BCUT2D eigenvalue weighted by molar-refractivity contribution is 5.38. The van der Waals surface area contributed by atoms with E-state index < -0.39 is 6.43 Å². The predicted molar refractivity (Wildman–Crippen MR) is 56.1 cm³/mol. The van der Waals surface area contributed by atoms with Crippen LogP contribution in [0, 0.1) is 0 Å². The molecule has 0 saturated carbocycles. The fraction of sp³-hybridized carbons (Fsp3) is 0.500. The number of halogens is 2. The quantitative estimate of drug-likeness (QED) is 0.832. The molecule has 84 valence electrons. The number of nitrogens with zero attached hydrogens (tertiary/aromatic N) is 2. The molecule has 0 unspecified atom stereocenters. The van der Waals surface area contributed by atoms with Crippen molar-refractivity contribution in [1.82, 2.24) is 4.98 Å². The van der Waals surface area contributed by atoms with Crippen molar-refractivity contribution in [2.24, 2.45) is 5.73 Å². The number of nitrogens with two attached hydrogens (primary N) is 1. The van der Waals surface area contributed by atoms with Gasteiger partial charge in [-0.1, -0.05) is 6.07 Å². The van der Waals surface area contributed by atoms with Crippen molar-refractivity contribution < 1.29 is 8.78 Å². The van der Waals surface area contributed by atoms with Gasteiger partial charge >= 0.3 is 0 Å². The van der Waals surface area contributed by atoms with E-state index in [-0.39, 0.29) is 12.6 Å². The second-order valence-electron chi connectivity index (χ2n) is 3.51. The molecule has 0 aliphatic carbocycles. The number of alkyl halides is 2. The van der Waals surface area contributed by atoms with E-state index in [1.807, 2.05) is 6.92 Å². The summed E-state index contributed by atoms with van der Waals surface area (Å²) in [7, 11) is 1.58. The van der Waals surface area contributed by atoms with E-state index in [9.17, 15) is 8.78 Å². The zero-order valence-corrected chi connectivity index (χ0v) is 8.82. The molecule has 2 N–H and O–H groups in total. The summed E-state index contributed by atoms with van der Waals surface area (Å²) in [6.07, 6.45) is -0.744. The van der Waals surface area contributed by atoms with Crippen molar-refractivity contribution in [3.63, 3.8) is 0 Å². The fourth-order valence-electron chi connectivity index (χ4n) is 1.19. The number of hydrogen-bond acceptors (Lipinski definition) is 3. The smallest absolute Gasteiger partial charge is 0.255 e. The van der Waals surface area contributed by atoms with Crippen molar-refractivity contribution in [2.75, 3.05) is 18.5 Å². The van der Waals surface area contributed by atoms with Gasteiger partial charge in [-0.05, 0) is 18.6 Å². The number of aromatic nitrogens is 1. The Morgan fingerprint density at radius 2 is 2.13 bits per heavy atom. The largest absolute Gasteiger partial charge is 0.354 e. The second-order valence-corrected chi connectivity index (χ2v) is 3.51. The minimum Gasteiger partial charge on any atom is -0.354 e. The first-order chi connectivity index (χ1) is 7.00. The van der Waals surface area contributed by atoms with Gasteiger partial charge in [0.25, 0.3) is 6.43 Å². The van der Waals surface area contributed by atoms with E-state index in [1.165, 1.54) is 4.90 Å². The average molecular weight is 215 g/mol. The van der Waals surface area contributed by atoms with Crippen LogP contribution in [-0.2, 0) is 0 Å². The number of anilines is 1. The third-order valence-corrected chi connectivity index (χ3v) is 2.10. The van der Waals surface area contributed by atoms with Crippen LogP contribution in [0.3, 0.4) is 0 Å². The summed E-state index contributed by atoms with van der Waals surface area (Å²) in [5.74, 6) is 0.528. The summed E-state index contributed by atoms with van der Waals surface area (Å²) in [5, 5.41) is 0. The summed E-state index contributed by atoms with van der Waals surface area (Å²) < 4.78 is 24.2. The molecule has 0 bridgehead atoms. The molecule has 0 aliphatic heterocycles. The predicted octanol–water partition coefficient (Wildman–Crippen LogP) is 1.80. The third kappa shape index (κ3) is 3.43. The lowest BCUT2D eigenvalue weighted by Crippen LogP contribution is -2.24. The SMILES string of the molecule is C[C@H](N)c1ccc(N(C)CC(F)F)nc1. The van der Waals surface area contributed by atoms with E-state index in [2.05, 4.69) is 4.98 Å². The molecule has 0 aliphatic rings. The number of pyridine rings is 1. The lowest BCUT2D eigenvalue weighted by atomic mass is 10.1. The first-order valence-corrected chi connectivity index (χ1v) is 4.71. The average Bonchev–Trinajstić information content (AvgIpc) is 2.17. The van der Waals surface area contributed by atoms with Crippen LogP contribution in [0.25, 0.3) is 0 Å². The molecule has 0 radical (unpaired) electrons. The molecule has 3 nitrogen and oxygen atoms in total. The summed E-state index contributed by atoms with van der Waals surface area (Å²) in [4.78, 5) is 5.48. The highest BCUT2D eigenvalue weighted by Gasteiger charge is 2.09. The van der Waals surface area contributed by atoms with Crippen molar-refractivity contribution in [1.29, 1.82) is 0 Å². The zero-order chi connectivity index (χ0) is 11.4. The van der Waals surface area contributed by atoms with Gasteiger partial charge in [0.05, 0.1) is 6.54 Å². The molecule has 1 heterocycles. The molecule has 5 heteroatoms. The molecule has 1 aromatic heterocycles. The summed E-state index contributed by atoms with van der Waals surface area (Å²) in [6, 6.07) is 3.41. The van der Waals surface area contributed by atoms with Crippen LogP contribution in [0.5, 0.6) is 0 Å². The normalized spacial score (nSPS) is 12.9. The van der Waals surface area contributed by atoms with Gasteiger partial charge in [0.15, 0.2) is 0 Å². The topological polar surface area (TPSA) is 42.1 Å². The number of rotatable bonds is 4. The second kappa shape index (κ2) is 5.02.